The number of aromatic nitrogens is 1. The van der Waals surface area contributed by atoms with Gasteiger partial charge in [-0.15, -0.1) is 0 Å². The number of hydrogen-bond donors (Lipinski definition) is 1. The number of pyridine rings is 1. The molecule has 32 heavy (non-hydrogen) atoms. The molecule has 0 spiro atoms. The normalized spacial score (nSPS) is 16.7. The molecule has 1 fully saturated rings. The molecule has 2 heterocycles. The lowest BCUT2D eigenvalue weighted by atomic mass is 10.0. The van der Waals surface area contributed by atoms with E-state index in [-0.39, 0.29) is 11.9 Å². The van der Waals surface area contributed by atoms with Crippen molar-refractivity contribution in [2.75, 3.05) is 20.3 Å². The van der Waals surface area contributed by atoms with Crippen molar-refractivity contribution >= 4 is 11.4 Å². The molecule has 0 bridgehead atoms. The van der Waals surface area contributed by atoms with Gasteiger partial charge in [-0.05, 0) is 72.5 Å². The summed E-state index contributed by atoms with van der Waals surface area (Å²) in [6.07, 6.45) is 5.59. The zero-order valence-electron chi connectivity index (χ0n) is 18.2. The van der Waals surface area contributed by atoms with Gasteiger partial charge in [0.1, 0.15) is 11.6 Å². The minimum atomic E-state index is -0.281. The number of likely N-dealkylation sites (tertiary alicyclic amines) is 1. The lowest BCUT2D eigenvalue weighted by Crippen LogP contribution is -2.33. The highest BCUT2D eigenvalue weighted by molar-refractivity contribution is 5.88. The van der Waals surface area contributed by atoms with Gasteiger partial charge in [-0.2, -0.15) is 0 Å². The predicted octanol–water partition coefficient (Wildman–Crippen LogP) is 4.70. The van der Waals surface area contributed by atoms with Crippen LogP contribution in [0.3, 0.4) is 0 Å². The summed E-state index contributed by atoms with van der Waals surface area (Å²) in [7, 11) is 1.66. The maximum absolute atomic E-state index is 13.5. The number of rotatable bonds is 8. The van der Waals surface area contributed by atoms with Gasteiger partial charge in [-0.3, -0.25) is 4.98 Å². The zero-order chi connectivity index (χ0) is 22.3. The second kappa shape index (κ2) is 10.3. The number of methoxy groups -OCH3 is 1. The van der Waals surface area contributed by atoms with Gasteiger partial charge in [0.05, 0.1) is 37.8 Å². The minimum Gasteiger partial charge on any atom is -0.497 e. The molecule has 6 heteroatoms. The van der Waals surface area contributed by atoms with Gasteiger partial charge >= 0.3 is 0 Å². The van der Waals surface area contributed by atoms with Crippen LogP contribution in [0.5, 0.6) is 5.75 Å². The van der Waals surface area contributed by atoms with Gasteiger partial charge in [0.15, 0.2) is 0 Å². The maximum atomic E-state index is 13.5. The highest BCUT2D eigenvalue weighted by Crippen LogP contribution is 2.33. The van der Waals surface area contributed by atoms with Crippen LogP contribution in [-0.2, 0) is 11.3 Å². The summed E-state index contributed by atoms with van der Waals surface area (Å²) < 4.78 is 24.9. The van der Waals surface area contributed by atoms with Crippen molar-refractivity contribution in [1.82, 2.24) is 9.88 Å². The summed E-state index contributed by atoms with van der Waals surface area (Å²) in [5.41, 5.74) is 11.1. The average molecular weight is 434 g/mol. The Morgan fingerprint density at radius 1 is 1.09 bits per heavy atom. The Bertz CT molecular complexity index is 1050. The third kappa shape index (κ3) is 5.08. The van der Waals surface area contributed by atoms with Crippen LogP contribution < -0.4 is 10.5 Å². The number of ether oxygens (including phenoxy) is 2. The standard InChI is InChI=1S/C26H28FN3O2/c1-31-24-6-2-4-19(16-24)17-32-18-23-5-3-15-30(23)26(21-11-13-29-14-12-21)25(28)20-7-9-22(27)10-8-20/h2,4,6-14,16,23H,3,5,15,17-18,28H2,1H3/b26-25-/t23-/m0/s1. The van der Waals surface area contributed by atoms with E-state index in [1.165, 1.54) is 12.1 Å². The second-order valence-electron chi connectivity index (χ2n) is 7.86. The average Bonchev–Trinajstić information content (AvgIpc) is 3.28. The van der Waals surface area contributed by atoms with Gasteiger partial charge in [0, 0.05) is 24.5 Å². The summed E-state index contributed by atoms with van der Waals surface area (Å²) >= 11 is 0. The molecule has 1 aliphatic heterocycles. The Labute approximate surface area is 188 Å². The van der Waals surface area contributed by atoms with Gasteiger partial charge in [-0.25, -0.2) is 4.39 Å². The highest BCUT2D eigenvalue weighted by Gasteiger charge is 2.29. The van der Waals surface area contributed by atoms with E-state index in [0.717, 1.165) is 47.5 Å². The Kier molecular flexibility index (Phi) is 7.02. The van der Waals surface area contributed by atoms with Crippen LogP contribution in [0.4, 0.5) is 4.39 Å². The third-order valence-corrected chi connectivity index (χ3v) is 5.74. The molecule has 0 amide bonds. The first kappa shape index (κ1) is 21.8. The second-order valence-corrected chi connectivity index (χ2v) is 7.86. The van der Waals surface area contributed by atoms with Crippen LogP contribution in [0.2, 0.25) is 0 Å². The first-order chi connectivity index (χ1) is 15.7. The molecule has 2 N–H and O–H groups in total. The van der Waals surface area contributed by atoms with E-state index in [1.54, 1.807) is 31.6 Å². The molecule has 1 aromatic heterocycles. The van der Waals surface area contributed by atoms with E-state index >= 15 is 0 Å². The summed E-state index contributed by atoms with van der Waals surface area (Å²) in [6, 6.07) is 18.3. The molecule has 1 atom stereocenters. The van der Waals surface area contributed by atoms with Gasteiger partial charge in [0.2, 0.25) is 0 Å². The van der Waals surface area contributed by atoms with Crippen LogP contribution in [-0.4, -0.2) is 36.2 Å². The first-order valence-corrected chi connectivity index (χ1v) is 10.8. The van der Waals surface area contributed by atoms with Crippen molar-refractivity contribution in [3.8, 4) is 5.75 Å². The van der Waals surface area contributed by atoms with Gasteiger partial charge < -0.3 is 20.1 Å². The zero-order valence-corrected chi connectivity index (χ0v) is 18.2. The SMILES string of the molecule is COc1cccc(COC[C@@H]2CCCN2/C(=C(\N)c2ccc(F)cc2)c2ccncc2)c1. The molecular formula is C26H28FN3O2. The monoisotopic (exact) mass is 433 g/mol. The largest absolute Gasteiger partial charge is 0.497 e. The first-order valence-electron chi connectivity index (χ1n) is 10.8. The van der Waals surface area contributed by atoms with Crippen molar-refractivity contribution in [3.05, 3.63) is 95.6 Å². The van der Waals surface area contributed by atoms with Crippen LogP contribution >= 0.6 is 0 Å². The number of halogens is 1. The summed E-state index contributed by atoms with van der Waals surface area (Å²) in [5.74, 6) is 0.542. The minimum absolute atomic E-state index is 0.197. The molecular weight excluding hydrogens is 405 g/mol. The van der Waals surface area contributed by atoms with E-state index in [0.29, 0.717) is 18.9 Å². The lowest BCUT2D eigenvalue weighted by molar-refractivity contribution is 0.0826. The molecule has 0 saturated carbocycles. The van der Waals surface area contributed by atoms with E-state index in [4.69, 9.17) is 15.2 Å². The molecule has 0 radical (unpaired) electrons. The molecule has 4 rings (SSSR count). The van der Waals surface area contributed by atoms with Crippen molar-refractivity contribution in [2.45, 2.75) is 25.5 Å². The number of nitrogens with zero attached hydrogens (tertiary/aromatic N) is 2. The Morgan fingerprint density at radius 2 is 1.88 bits per heavy atom. The van der Waals surface area contributed by atoms with E-state index < -0.39 is 0 Å². The van der Waals surface area contributed by atoms with Crippen molar-refractivity contribution in [2.24, 2.45) is 5.73 Å². The van der Waals surface area contributed by atoms with Crippen LogP contribution in [0, 0.1) is 5.82 Å². The van der Waals surface area contributed by atoms with Crippen molar-refractivity contribution in [3.63, 3.8) is 0 Å². The summed E-state index contributed by atoms with van der Waals surface area (Å²) in [4.78, 5) is 6.47. The lowest BCUT2D eigenvalue weighted by Gasteiger charge is -2.31. The molecule has 3 aromatic rings. The molecule has 5 nitrogen and oxygen atoms in total. The van der Waals surface area contributed by atoms with E-state index in [9.17, 15) is 4.39 Å². The fraction of sp³-hybridized carbons (Fsp3) is 0.269. The quantitative estimate of drug-likeness (QED) is 0.558. The number of hydrogen-bond acceptors (Lipinski definition) is 5. The molecule has 1 aliphatic rings. The van der Waals surface area contributed by atoms with E-state index in [2.05, 4.69) is 9.88 Å². The fourth-order valence-electron chi connectivity index (χ4n) is 4.13. The maximum Gasteiger partial charge on any atom is 0.123 e. The Morgan fingerprint density at radius 3 is 2.62 bits per heavy atom. The predicted molar refractivity (Wildman–Crippen MR) is 124 cm³/mol. The molecule has 166 valence electrons. The molecule has 1 saturated heterocycles. The fourth-order valence-corrected chi connectivity index (χ4v) is 4.13. The van der Waals surface area contributed by atoms with Crippen LogP contribution in [0.15, 0.2) is 73.1 Å². The van der Waals surface area contributed by atoms with Crippen LogP contribution in [0.25, 0.3) is 11.4 Å². The van der Waals surface area contributed by atoms with Gasteiger partial charge in [-0.1, -0.05) is 12.1 Å². The Balaban J connectivity index is 1.56. The molecule has 0 aliphatic carbocycles. The van der Waals surface area contributed by atoms with Crippen molar-refractivity contribution in [1.29, 1.82) is 0 Å². The summed E-state index contributed by atoms with van der Waals surface area (Å²) in [5, 5.41) is 0. The summed E-state index contributed by atoms with van der Waals surface area (Å²) in [6.45, 7) is 1.98. The number of benzene rings is 2. The van der Waals surface area contributed by atoms with Crippen molar-refractivity contribution < 1.29 is 13.9 Å². The Hall–Kier alpha value is -3.38. The topological polar surface area (TPSA) is 60.6 Å². The number of nitrogens with two attached hydrogens (primary N) is 1. The van der Waals surface area contributed by atoms with Gasteiger partial charge in [0.25, 0.3) is 0 Å². The molecule has 0 unspecified atom stereocenters. The van der Waals surface area contributed by atoms with E-state index in [1.807, 2.05) is 36.4 Å². The smallest absolute Gasteiger partial charge is 0.123 e. The highest BCUT2D eigenvalue weighted by atomic mass is 19.1. The molecule has 2 aromatic carbocycles. The third-order valence-electron chi connectivity index (χ3n) is 5.74. The van der Waals surface area contributed by atoms with Crippen LogP contribution in [0.1, 0.15) is 29.5 Å².